The number of hydrogen-bond acceptors (Lipinski definition) is 6. The molecular formula is C18H24N4O3. The molecule has 1 fully saturated rings. The second kappa shape index (κ2) is 7.63. The second-order valence-electron chi connectivity index (χ2n) is 6.54. The van der Waals surface area contributed by atoms with E-state index < -0.39 is 0 Å². The van der Waals surface area contributed by atoms with Crippen molar-refractivity contribution in [3.05, 3.63) is 35.6 Å². The maximum absolute atomic E-state index is 12.8. The van der Waals surface area contributed by atoms with Gasteiger partial charge >= 0.3 is 0 Å². The molecule has 25 heavy (non-hydrogen) atoms. The van der Waals surface area contributed by atoms with Crippen molar-refractivity contribution < 1.29 is 14.1 Å². The minimum absolute atomic E-state index is 0.0208. The highest BCUT2D eigenvalue weighted by molar-refractivity contribution is 5.94. The van der Waals surface area contributed by atoms with E-state index in [4.69, 9.17) is 9.26 Å². The Hall–Kier alpha value is -2.44. The van der Waals surface area contributed by atoms with E-state index in [-0.39, 0.29) is 17.9 Å². The van der Waals surface area contributed by atoms with Crippen LogP contribution < -0.4 is 4.74 Å². The van der Waals surface area contributed by atoms with Crippen LogP contribution in [0.25, 0.3) is 0 Å². The van der Waals surface area contributed by atoms with Crippen LogP contribution >= 0.6 is 0 Å². The van der Waals surface area contributed by atoms with E-state index in [1.165, 1.54) is 0 Å². The molecule has 134 valence electrons. The van der Waals surface area contributed by atoms with Crippen LogP contribution in [0.4, 0.5) is 0 Å². The Labute approximate surface area is 147 Å². The lowest BCUT2D eigenvalue weighted by Gasteiger charge is -2.31. The van der Waals surface area contributed by atoms with Gasteiger partial charge in [-0.1, -0.05) is 12.1 Å². The lowest BCUT2D eigenvalue weighted by molar-refractivity contribution is 0.0703. The molecule has 1 atom stereocenters. The Balaban J connectivity index is 1.67. The quantitative estimate of drug-likeness (QED) is 0.829. The van der Waals surface area contributed by atoms with Gasteiger partial charge in [0.15, 0.2) is 5.82 Å². The Morgan fingerprint density at radius 1 is 1.44 bits per heavy atom. The van der Waals surface area contributed by atoms with Crippen LogP contribution in [0.15, 0.2) is 22.9 Å². The zero-order chi connectivity index (χ0) is 17.8. The summed E-state index contributed by atoms with van der Waals surface area (Å²) in [7, 11) is 0. The molecule has 7 heteroatoms. The fourth-order valence-electron chi connectivity index (χ4n) is 2.95. The zero-order valence-electron chi connectivity index (χ0n) is 14.9. The van der Waals surface area contributed by atoms with Gasteiger partial charge in [0.2, 0.25) is 11.8 Å². The summed E-state index contributed by atoms with van der Waals surface area (Å²) in [5, 5.41) is 4.06. The van der Waals surface area contributed by atoms with E-state index in [0.717, 1.165) is 25.8 Å². The Morgan fingerprint density at radius 2 is 2.28 bits per heavy atom. The first-order valence-electron chi connectivity index (χ1n) is 8.81. The lowest BCUT2D eigenvalue weighted by atomic mass is 9.97. The molecule has 3 rings (SSSR count). The minimum Gasteiger partial charge on any atom is -0.475 e. The molecule has 0 spiro atoms. The molecule has 1 amide bonds. The van der Waals surface area contributed by atoms with Crippen LogP contribution in [-0.4, -0.2) is 45.1 Å². The van der Waals surface area contributed by atoms with Gasteiger partial charge in [0.05, 0.1) is 11.7 Å². The summed E-state index contributed by atoms with van der Waals surface area (Å²) >= 11 is 0. The SMILES string of the molecule is CCc1nc([C@@H]2CCCN(C(=O)c3ccc(OC(C)C)nc3)C2)no1. The normalized spacial score (nSPS) is 17.8. The summed E-state index contributed by atoms with van der Waals surface area (Å²) < 4.78 is 10.7. The summed E-state index contributed by atoms with van der Waals surface area (Å²) in [6, 6.07) is 3.50. The van der Waals surface area contributed by atoms with E-state index in [1.807, 2.05) is 25.7 Å². The van der Waals surface area contributed by atoms with Gasteiger partial charge in [0.25, 0.3) is 5.91 Å². The fraction of sp³-hybridized carbons (Fsp3) is 0.556. The number of rotatable bonds is 5. The topological polar surface area (TPSA) is 81.4 Å². The van der Waals surface area contributed by atoms with Crippen molar-refractivity contribution in [2.75, 3.05) is 13.1 Å². The summed E-state index contributed by atoms with van der Waals surface area (Å²) in [4.78, 5) is 23.2. The van der Waals surface area contributed by atoms with E-state index in [9.17, 15) is 4.79 Å². The second-order valence-corrected chi connectivity index (χ2v) is 6.54. The van der Waals surface area contributed by atoms with Crippen molar-refractivity contribution in [3.63, 3.8) is 0 Å². The maximum atomic E-state index is 12.8. The fourth-order valence-corrected chi connectivity index (χ4v) is 2.95. The highest BCUT2D eigenvalue weighted by atomic mass is 16.5. The number of carbonyl (C=O) groups is 1. The Kier molecular flexibility index (Phi) is 5.31. The van der Waals surface area contributed by atoms with Gasteiger partial charge in [-0.05, 0) is 32.8 Å². The highest BCUT2D eigenvalue weighted by Crippen LogP contribution is 2.26. The number of hydrogen-bond donors (Lipinski definition) is 0. The van der Waals surface area contributed by atoms with Crippen LogP contribution in [-0.2, 0) is 6.42 Å². The zero-order valence-corrected chi connectivity index (χ0v) is 14.9. The average molecular weight is 344 g/mol. The molecule has 0 bridgehead atoms. The number of amides is 1. The van der Waals surface area contributed by atoms with E-state index in [2.05, 4.69) is 15.1 Å². The van der Waals surface area contributed by atoms with Gasteiger partial charge in [-0.25, -0.2) is 4.98 Å². The molecule has 1 saturated heterocycles. The number of aromatic nitrogens is 3. The molecule has 0 radical (unpaired) electrons. The third-order valence-corrected chi connectivity index (χ3v) is 4.20. The van der Waals surface area contributed by atoms with E-state index >= 15 is 0 Å². The average Bonchev–Trinajstić information content (AvgIpc) is 3.11. The lowest BCUT2D eigenvalue weighted by Crippen LogP contribution is -2.39. The highest BCUT2D eigenvalue weighted by Gasteiger charge is 2.28. The molecule has 0 aromatic carbocycles. The largest absolute Gasteiger partial charge is 0.475 e. The third-order valence-electron chi connectivity index (χ3n) is 4.20. The Morgan fingerprint density at radius 3 is 2.92 bits per heavy atom. The first kappa shape index (κ1) is 17.4. The molecule has 2 aromatic rings. The van der Waals surface area contributed by atoms with Crippen molar-refractivity contribution in [1.29, 1.82) is 0 Å². The molecule has 7 nitrogen and oxygen atoms in total. The third kappa shape index (κ3) is 4.15. The van der Waals surface area contributed by atoms with Gasteiger partial charge in [-0.3, -0.25) is 4.79 Å². The van der Waals surface area contributed by atoms with Crippen LogP contribution in [0.5, 0.6) is 5.88 Å². The molecule has 1 aliphatic heterocycles. The van der Waals surface area contributed by atoms with E-state index in [1.54, 1.807) is 18.3 Å². The summed E-state index contributed by atoms with van der Waals surface area (Å²) in [6.45, 7) is 7.20. The predicted molar refractivity (Wildman–Crippen MR) is 91.6 cm³/mol. The number of aryl methyl sites for hydroxylation is 1. The standard InChI is InChI=1S/C18H24N4O3/c1-4-15-20-17(21-25-15)14-6-5-9-22(11-14)18(23)13-7-8-16(19-10-13)24-12(2)3/h7-8,10,12,14H,4-6,9,11H2,1-3H3/t14-/m1/s1. The predicted octanol–water partition coefficient (Wildman–Crippen LogP) is 2.83. The first-order chi connectivity index (χ1) is 12.1. The number of pyridine rings is 1. The van der Waals surface area contributed by atoms with Crippen LogP contribution in [0.3, 0.4) is 0 Å². The molecular weight excluding hydrogens is 320 g/mol. The molecule has 0 saturated carbocycles. The van der Waals surface area contributed by atoms with Gasteiger partial charge < -0.3 is 14.2 Å². The minimum atomic E-state index is -0.0208. The Bertz CT molecular complexity index is 711. The van der Waals surface area contributed by atoms with Crippen molar-refractivity contribution in [2.24, 2.45) is 0 Å². The smallest absolute Gasteiger partial charge is 0.255 e. The monoisotopic (exact) mass is 344 g/mol. The number of carbonyl (C=O) groups excluding carboxylic acids is 1. The van der Waals surface area contributed by atoms with Crippen molar-refractivity contribution in [1.82, 2.24) is 20.0 Å². The molecule has 3 heterocycles. The summed E-state index contributed by atoms with van der Waals surface area (Å²) in [5.41, 5.74) is 0.569. The van der Waals surface area contributed by atoms with Gasteiger partial charge in [-0.15, -0.1) is 0 Å². The molecule has 1 aliphatic rings. The van der Waals surface area contributed by atoms with Crippen molar-refractivity contribution >= 4 is 5.91 Å². The van der Waals surface area contributed by atoms with Gasteiger partial charge in [-0.2, -0.15) is 4.98 Å². The van der Waals surface area contributed by atoms with Crippen molar-refractivity contribution in [3.8, 4) is 5.88 Å². The van der Waals surface area contributed by atoms with Gasteiger partial charge in [0.1, 0.15) is 0 Å². The van der Waals surface area contributed by atoms with Crippen molar-refractivity contribution in [2.45, 2.75) is 52.1 Å². The van der Waals surface area contributed by atoms with Crippen LogP contribution in [0.1, 0.15) is 61.6 Å². The number of nitrogens with zero attached hydrogens (tertiary/aromatic N) is 4. The van der Waals surface area contributed by atoms with Crippen LogP contribution in [0.2, 0.25) is 0 Å². The van der Waals surface area contributed by atoms with Crippen LogP contribution in [0, 0.1) is 0 Å². The molecule has 0 N–H and O–H groups in total. The summed E-state index contributed by atoms with van der Waals surface area (Å²) in [5.74, 6) is 1.98. The van der Waals surface area contributed by atoms with E-state index in [0.29, 0.717) is 29.7 Å². The summed E-state index contributed by atoms with van der Waals surface area (Å²) in [6.07, 6.45) is 4.24. The maximum Gasteiger partial charge on any atom is 0.255 e. The van der Waals surface area contributed by atoms with Gasteiger partial charge in [0, 0.05) is 37.7 Å². The number of piperidine rings is 1. The number of ether oxygens (including phenoxy) is 1. The molecule has 0 aliphatic carbocycles. The molecule has 0 unspecified atom stereocenters. The first-order valence-corrected chi connectivity index (χ1v) is 8.81. The number of likely N-dealkylation sites (tertiary alicyclic amines) is 1. The molecule has 2 aromatic heterocycles.